The first kappa shape index (κ1) is 18.6. The number of carbonyl (C=O) groups excluding carboxylic acids is 1. The van der Waals surface area contributed by atoms with Crippen molar-refractivity contribution in [2.24, 2.45) is 0 Å². The van der Waals surface area contributed by atoms with Crippen LogP contribution in [0.15, 0.2) is 103 Å². The Morgan fingerprint density at radius 3 is 2.13 bits per heavy atom. The van der Waals surface area contributed by atoms with Crippen molar-refractivity contribution in [2.75, 3.05) is 0 Å². The van der Waals surface area contributed by atoms with E-state index in [0.717, 1.165) is 11.1 Å². The molecule has 0 saturated heterocycles. The van der Waals surface area contributed by atoms with Crippen molar-refractivity contribution in [3.63, 3.8) is 0 Å². The Morgan fingerprint density at radius 2 is 1.37 bits per heavy atom. The Bertz CT molecular complexity index is 1260. The molecule has 5 rings (SSSR count). The number of benzene rings is 4. The fourth-order valence-electron chi connectivity index (χ4n) is 4.26. The maximum atomic E-state index is 13.5. The standard InChI is InChI=1S/C28H19ClO/c29-22-15-16-24(26(18-22)28(30)20-11-5-2-6-12-20)27-23-14-8-7-13-21(23)17-25(27)19-9-3-1-4-10-19/h1-18,27H. The zero-order valence-electron chi connectivity index (χ0n) is 16.3. The fourth-order valence-corrected chi connectivity index (χ4v) is 4.43. The second-order valence-corrected chi connectivity index (χ2v) is 7.89. The molecule has 2 heteroatoms. The van der Waals surface area contributed by atoms with Crippen molar-refractivity contribution in [3.05, 3.63) is 142 Å². The third-order valence-electron chi connectivity index (χ3n) is 5.64. The molecule has 0 amide bonds. The van der Waals surface area contributed by atoms with Gasteiger partial charge in [0.2, 0.25) is 0 Å². The van der Waals surface area contributed by atoms with Gasteiger partial charge in [-0.3, -0.25) is 4.79 Å². The molecule has 0 aliphatic heterocycles. The van der Waals surface area contributed by atoms with Crippen LogP contribution in [-0.2, 0) is 0 Å². The normalized spacial score (nSPS) is 14.8. The molecule has 1 aliphatic rings. The van der Waals surface area contributed by atoms with Gasteiger partial charge in [-0.15, -0.1) is 0 Å². The van der Waals surface area contributed by atoms with Gasteiger partial charge in [0.25, 0.3) is 0 Å². The van der Waals surface area contributed by atoms with Crippen molar-refractivity contribution in [1.82, 2.24) is 0 Å². The van der Waals surface area contributed by atoms with Crippen LogP contribution in [0.3, 0.4) is 0 Å². The summed E-state index contributed by atoms with van der Waals surface area (Å²) in [6.45, 7) is 0. The average Bonchev–Trinajstić information content (AvgIpc) is 3.19. The summed E-state index contributed by atoms with van der Waals surface area (Å²) < 4.78 is 0. The van der Waals surface area contributed by atoms with E-state index in [2.05, 4.69) is 42.5 Å². The number of allylic oxidation sites excluding steroid dienone is 1. The molecule has 0 heterocycles. The summed E-state index contributed by atoms with van der Waals surface area (Å²) in [6.07, 6.45) is 2.24. The van der Waals surface area contributed by atoms with E-state index in [-0.39, 0.29) is 11.7 Å². The highest BCUT2D eigenvalue weighted by atomic mass is 35.5. The lowest BCUT2D eigenvalue weighted by Gasteiger charge is -2.21. The maximum Gasteiger partial charge on any atom is 0.193 e. The summed E-state index contributed by atoms with van der Waals surface area (Å²) in [7, 11) is 0. The zero-order valence-corrected chi connectivity index (χ0v) is 17.0. The molecule has 0 spiro atoms. The third kappa shape index (κ3) is 3.28. The summed E-state index contributed by atoms with van der Waals surface area (Å²) in [6, 6.07) is 33.8. The fraction of sp³-hybridized carbons (Fsp3) is 0.0357. The molecule has 1 atom stereocenters. The van der Waals surface area contributed by atoms with E-state index in [1.807, 2.05) is 60.7 Å². The smallest absolute Gasteiger partial charge is 0.193 e. The van der Waals surface area contributed by atoms with Crippen LogP contribution in [0.4, 0.5) is 0 Å². The first-order chi connectivity index (χ1) is 14.7. The quantitative estimate of drug-likeness (QED) is 0.326. The minimum Gasteiger partial charge on any atom is -0.289 e. The van der Waals surface area contributed by atoms with Crippen LogP contribution in [0.2, 0.25) is 5.02 Å². The first-order valence-electron chi connectivity index (χ1n) is 9.97. The molecule has 0 N–H and O–H groups in total. The van der Waals surface area contributed by atoms with Gasteiger partial charge >= 0.3 is 0 Å². The van der Waals surface area contributed by atoms with Gasteiger partial charge in [-0.2, -0.15) is 0 Å². The maximum absolute atomic E-state index is 13.5. The van der Waals surface area contributed by atoms with Crippen LogP contribution in [0.25, 0.3) is 11.6 Å². The lowest BCUT2D eigenvalue weighted by molar-refractivity contribution is 0.103. The Morgan fingerprint density at radius 1 is 0.700 bits per heavy atom. The first-order valence-corrected chi connectivity index (χ1v) is 10.4. The highest BCUT2D eigenvalue weighted by Gasteiger charge is 2.30. The van der Waals surface area contributed by atoms with Crippen molar-refractivity contribution >= 4 is 29.0 Å². The molecule has 0 aromatic heterocycles. The van der Waals surface area contributed by atoms with E-state index in [0.29, 0.717) is 16.1 Å². The number of rotatable bonds is 4. The van der Waals surface area contributed by atoms with E-state index < -0.39 is 0 Å². The van der Waals surface area contributed by atoms with Gasteiger partial charge in [0.05, 0.1) is 0 Å². The van der Waals surface area contributed by atoms with Gasteiger partial charge in [0, 0.05) is 22.1 Å². The van der Waals surface area contributed by atoms with Crippen LogP contribution in [-0.4, -0.2) is 5.78 Å². The highest BCUT2D eigenvalue weighted by Crippen LogP contribution is 2.47. The summed E-state index contributed by atoms with van der Waals surface area (Å²) in [5.41, 5.74) is 7.05. The molecule has 4 aromatic rings. The molecule has 0 bridgehead atoms. The SMILES string of the molecule is O=C(c1ccccc1)c1cc(Cl)ccc1C1C(c2ccccc2)=Cc2ccccc21. The summed E-state index contributed by atoms with van der Waals surface area (Å²) in [4.78, 5) is 13.5. The van der Waals surface area contributed by atoms with Crippen molar-refractivity contribution < 1.29 is 4.79 Å². The van der Waals surface area contributed by atoms with E-state index in [9.17, 15) is 4.79 Å². The van der Waals surface area contributed by atoms with Crippen molar-refractivity contribution in [2.45, 2.75) is 5.92 Å². The molecule has 30 heavy (non-hydrogen) atoms. The molecule has 1 aliphatic carbocycles. The van der Waals surface area contributed by atoms with Crippen molar-refractivity contribution in [3.8, 4) is 0 Å². The second-order valence-electron chi connectivity index (χ2n) is 7.45. The Kier molecular flexibility index (Phi) is 4.82. The van der Waals surface area contributed by atoms with Gasteiger partial charge in [-0.25, -0.2) is 0 Å². The molecule has 1 unspecified atom stereocenters. The molecule has 0 radical (unpaired) electrons. The van der Waals surface area contributed by atoms with Gasteiger partial charge < -0.3 is 0 Å². The molecular formula is C28H19ClO. The summed E-state index contributed by atoms with van der Waals surface area (Å²) in [5.74, 6) is -0.0339. The number of hydrogen-bond acceptors (Lipinski definition) is 1. The zero-order chi connectivity index (χ0) is 20.5. The van der Waals surface area contributed by atoms with Crippen LogP contribution in [0.1, 0.15) is 44.1 Å². The predicted octanol–water partition coefficient (Wildman–Crippen LogP) is 7.26. The lowest BCUT2D eigenvalue weighted by Crippen LogP contribution is -2.10. The summed E-state index contributed by atoms with van der Waals surface area (Å²) >= 11 is 6.34. The molecule has 0 saturated carbocycles. The Labute approximate surface area is 181 Å². The molecule has 4 aromatic carbocycles. The van der Waals surface area contributed by atoms with Crippen LogP contribution in [0.5, 0.6) is 0 Å². The second kappa shape index (κ2) is 7.78. The number of fused-ring (bicyclic) bond motifs is 1. The van der Waals surface area contributed by atoms with Crippen LogP contribution in [0, 0.1) is 0 Å². The Hall–Kier alpha value is -3.42. The monoisotopic (exact) mass is 406 g/mol. The van der Waals surface area contributed by atoms with E-state index >= 15 is 0 Å². The number of carbonyl (C=O) groups is 1. The topological polar surface area (TPSA) is 17.1 Å². The minimum absolute atomic E-state index is 0.00936. The third-order valence-corrected chi connectivity index (χ3v) is 5.88. The lowest BCUT2D eigenvalue weighted by atomic mass is 9.81. The number of ketones is 1. The van der Waals surface area contributed by atoms with E-state index in [1.54, 1.807) is 6.07 Å². The van der Waals surface area contributed by atoms with Crippen LogP contribution >= 0.6 is 11.6 Å². The van der Waals surface area contributed by atoms with E-state index in [1.165, 1.54) is 16.7 Å². The highest BCUT2D eigenvalue weighted by molar-refractivity contribution is 6.31. The van der Waals surface area contributed by atoms with Gasteiger partial charge in [0.1, 0.15) is 0 Å². The molecule has 0 fully saturated rings. The van der Waals surface area contributed by atoms with Crippen molar-refractivity contribution in [1.29, 1.82) is 0 Å². The number of hydrogen-bond donors (Lipinski definition) is 0. The average molecular weight is 407 g/mol. The molecule has 1 nitrogen and oxygen atoms in total. The largest absolute Gasteiger partial charge is 0.289 e. The van der Waals surface area contributed by atoms with E-state index in [4.69, 9.17) is 11.6 Å². The number of halogens is 1. The minimum atomic E-state index is -0.0245. The predicted molar refractivity (Wildman–Crippen MR) is 124 cm³/mol. The van der Waals surface area contributed by atoms with Crippen LogP contribution < -0.4 is 0 Å². The van der Waals surface area contributed by atoms with Gasteiger partial charge in [-0.05, 0) is 46.0 Å². The van der Waals surface area contributed by atoms with Gasteiger partial charge in [-0.1, -0.05) is 103 Å². The Balaban J connectivity index is 1.71. The summed E-state index contributed by atoms with van der Waals surface area (Å²) in [5, 5.41) is 0.564. The molecular weight excluding hydrogens is 388 g/mol. The molecule has 144 valence electrons. The van der Waals surface area contributed by atoms with Gasteiger partial charge in [0.15, 0.2) is 5.78 Å².